The van der Waals surface area contributed by atoms with Crippen LogP contribution >= 0.6 is 11.8 Å². The largest absolute Gasteiger partial charge is 0.448 e. The van der Waals surface area contributed by atoms with Crippen LogP contribution in [0, 0.1) is 0 Å². The second-order valence-electron chi connectivity index (χ2n) is 10.3. The first-order valence-electron chi connectivity index (χ1n) is 14.7. The van der Waals surface area contributed by atoms with Gasteiger partial charge in [0, 0.05) is 30.2 Å². The van der Waals surface area contributed by atoms with E-state index in [-0.39, 0.29) is 17.7 Å². The molecule has 1 aliphatic rings. The zero-order valence-corrected chi connectivity index (χ0v) is 24.2. The molecule has 0 aliphatic carbocycles. The molecule has 6 nitrogen and oxygen atoms in total. The molecular weight excluding hydrogens is 484 g/mol. The van der Waals surface area contributed by atoms with E-state index < -0.39 is 6.09 Å². The lowest BCUT2D eigenvalue weighted by atomic mass is 10.0. The third-order valence-electron chi connectivity index (χ3n) is 6.90. The van der Waals surface area contributed by atoms with Crippen molar-refractivity contribution in [3.05, 3.63) is 30.1 Å². The number of unbranched alkanes of at least 4 members (excludes halogenated alkanes) is 13. The quantitative estimate of drug-likeness (QED) is 0.149. The Labute approximate surface area is 229 Å². The normalized spacial score (nSPS) is 16.8. The predicted molar refractivity (Wildman–Crippen MR) is 153 cm³/mol. The highest BCUT2D eigenvalue weighted by Crippen LogP contribution is 2.37. The number of hydrogen-bond acceptors (Lipinski definition) is 6. The van der Waals surface area contributed by atoms with Crippen LogP contribution in [0.4, 0.5) is 4.79 Å². The number of thioether (sulfide) groups is 1. The van der Waals surface area contributed by atoms with Crippen LogP contribution in [0.1, 0.15) is 116 Å². The van der Waals surface area contributed by atoms with E-state index in [0.29, 0.717) is 17.6 Å². The van der Waals surface area contributed by atoms with Gasteiger partial charge >= 0.3 is 6.09 Å². The third kappa shape index (κ3) is 14.8. The van der Waals surface area contributed by atoms with Gasteiger partial charge in [-0.05, 0) is 25.0 Å². The number of nitrogens with zero attached hydrogens (tertiary/aromatic N) is 2. The Morgan fingerprint density at radius 3 is 2.00 bits per heavy atom. The van der Waals surface area contributed by atoms with Gasteiger partial charge in [-0.15, -0.1) is 11.8 Å². The molecule has 0 spiro atoms. The molecule has 7 heteroatoms. The van der Waals surface area contributed by atoms with E-state index in [1.807, 2.05) is 17.8 Å². The number of amides is 2. The van der Waals surface area contributed by atoms with Crippen LogP contribution in [0.2, 0.25) is 0 Å². The molecule has 1 aromatic heterocycles. The van der Waals surface area contributed by atoms with E-state index in [1.54, 1.807) is 18.3 Å². The Bertz CT molecular complexity index is 728. The molecule has 0 N–H and O–H groups in total. The van der Waals surface area contributed by atoms with Gasteiger partial charge in [-0.1, -0.05) is 96.5 Å². The van der Waals surface area contributed by atoms with E-state index in [2.05, 4.69) is 11.9 Å². The molecule has 0 bridgehead atoms. The summed E-state index contributed by atoms with van der Waals surface area (Å²) in [6.45, 7) is 5.71. The molecule has 0 saturated carbocycles. The third-order valence-corrected chi connectivity index (χ3v) is 8.32. The molecule has 2 rings (SSSR count). The number of hydrogen-bond donors (Lipinski definition) is 0. The molecule has 0 unspecified atom stereocenters. The highest BCUT2D eigenvalue weighted by atomic mass is 32.2. The summed E-state index contributed by atoms with van der Waals surface area (Å²) >= 11 is 1.81. The minimum absolute atomic E-state index is 0.128. The summed E-state index contributed by atoms with van der Waals surface area (Å²) in [5.74, 6) is -0.341. The Morgan fingerprint density at radius 1 is 0.892 bits per heavy atom. The smallest absolute Gasteiger partial charge is 0.416 e. The van der Waals surface area contributed by atoms with Crippen molar-refractivity contribution >= 4 is 23.8 Å². The number of rotatable bonds is 21. The highest BCUT2D eigenvalue weighted by Gasteiger charge is 2.32. The molecule has 2 heterocycles. The molecule has 0 aromatic carbocycles. The monoisotopic (exact) mass is 534 g/mol. The Kier molecular flexibility index (Phi) is 17.4. The fourth-order valence-electron chi connectivity index (χ4n) is 4.58. The molecule has 1 aliphatic heterocycles. The fourth-order valence-corrected chi connectivity index (χ4v) is 5.78. The van der Waals surface area contributed by atoms with E-state index in [0.717, 1.165) is 31.0 Å². The average Bonchev–Trinajstić information content (AvgIpc) is 2.87. The summed E-state index contributed by atoms with van der Waals surface area (Å²) in [7, 11) is 0. The van der Waals surface area contributed by atoms with Crippen LogP contribution in [-0.2, 0) is 20.8 Å². The number of pyridine rings is 1. The van der Waals surface area contributed by atoms with Crippen molar-refractivity contribution in [1.82, 2.24) is 9.88 Å². The predicted octanol–water partition coefficient (Wildman–Crippen LogP) is 7.94. The summed E-state index contributed by atoms with van der Waals surface area (Å²) in [6.07, 6.45) is 21.2. The zero-order valence-electron chi connectivity index (χ0n) is 23.3. The first-order valence-corrected chi connectivity index (χ1v) is 15.6. The SMILES string of the molecule is CCCCCCCCCCCCCCCCOC[C@@H]1C[C@@H](COC(=O)N(Cc2ccccn2)C(C)=O)S1. The number of imide groups is 1. The molecule has 0 radical (unpaired) electrons. The van der Waals surface area contributed by atoms with Gasteiger partial charge in [-0.2, -0.15) is 0 Å². The molecule has 2 atom stereocenters. The molecule has 210 valence electrons. The second-order valence-corrected chi connectivity index (χ2v) is 11.9. The maximum Gasteiger partial charge on any atom is 0.416 e. The standard InChI is InChI=1S/C30H50N2O4S/c1-3-4-5-6-7-8-9-10-11-12-13-14-15-18-21-35-24-28-22-29(37-28)25-36-30(34)32(26(2)33)23-27-19-16-17-20-31-27/h16-17,19-20,28-29H,3-15,18,21-25H2,1-2H3/t28-,29-/m0/s1. The maximum atomic E-state index is 12.4. The summed E-state index contributed by atoms with van der Waals surface area (Å²) in [5, 5.41) is 0.759. The lowest BCUT2D eigenvalue weighted by Crippen LogP contribution is -2.39. The van der Waals surface area contributed by atoms with Crippen LogP contribution in [0.25, 0.3) is 0 Å². The molecule has 1 fully saturated rings. The van der Waals surface area contributed by atoms with Gasteiger partial charge in [0.15, 0.2) is 0 Å². The number of ether oxygens (including phenoxy) is 2. The Morgan fingerprint density at radius 2 is 1.46 bits per heavy atom. The molecular formula is C30H50N2O4S. The van der Waals surface area contributed by atoms with E-state index in [4.69, 9.17) is 9.47 Å². The van der Waals surface area contributed by atoms with Crippen molar-refractivity contribution in [2.24, 2.45) is 0 Å². The van der Waals surface area contributed by atoms with Crippen molar-refractivity contribution in [2.45, 2.75) is 127 Å². The van der Waals surface area contributed by atoms with Crippen molar-refractivity contribution < 1.29 is 19.1 Å². The van der Waals surface area contributed by atoms with Gasteiger partial charge < -0.3 is 9.47 Å². The minimum atomic E-state index is -0.601. The van der Waals surface area contributed by atoms with E-state index in [9.17, 15) is 9.59 Å². The lowest BCUT2D eigenvalue weighted by Gasteiger charge is -2.34. The Hall–Kier alpha value is -1.60. The van der Waals surface area contributed by atoms with E-state index in [1.165, 1.54) is 90.4 Å². The lowest BCUT2D eigenvalue weighted by molar-refractivity contribution is -0.127. The van der Waals surface area contributed by atoms with Crippen molar-refractivity contribution in [1.29, 1.82) is 0 Å². The fraction of sp³-hybridized carbons (Fsp3) is 0.767. The first-order chi connectivity index (χ1) is 18.1. The second kappa shape index (κ2) is 20.4. The molecule has 37 heavy (non-hydrogen) atoms. The number of carbonyl (C=O) groups excluding carboxylic acids is 2. The number of aromatic nitrogens is 1. The topological polar surface area (TPSA) is 68.7 Å². The molecule has 1 aromatic rings. The number of carbonyl (C=O) groups is 2. The summed E-state index contributed by atoms with van der Waals surface area (Å²) in [6, 6.07) is 5.42. The Balaban J connectivity index is 1.36. The summed E-state index contributed by atoms with van der Waals surface area (Å²) < 4.78 is 11.3. The molecule has 1 saturated heterocycles. The van der Waals surface area contributed by atoms with Crippen LogP contribution in [0.15, 0.2) is 24.4 Å². The maximum absolute atomic E-state index is 12.4. The van der Waals surface area contributed by atoms with Crippen LogP contribution in [-0.4, -0.2) is 52.2 Å². The van der Waals surface area contributed by atoms with Crippen LogP contribution in [0.3, 0.4) is 0 Å². The van der Waals surface area contributed by atoms with Gasteiger partial charge in [0.25, 0.3) is 0 Å². The van der Waals surface area contributed by atoms with Gasteiger partial charge in [0.2, 0.25) is 5.91 Å². The minimum Gasteiger partial charge on any atom is -0.448 e. The first kappa shape index (κ1) is 31.6. The summed E-state index contributed by atoms with van der Waals surface area (Å²) in [5.41, 5.74) is 0.656. The van der Waals surface area contributed by atoms with Crippen molar-refractivity contribution in [3.63, 3.8) is 0 Å². The van der Waals surface area contributed by atoms with Gasteiger partial charge in [0.1, 0.15) is 6.61 Å². The molecule has 2 amide bonds. The van der Waals surface area contributed by atoms with Gasteiger partial charge in [-0.25, -0.2) is 9.69 Å². The van der Waals surface area contributed by atoms with Crippen LogP contribution in [0.5, 0.6) is 0 Å². The van der Waals surface area contributed by atoms with Crippen molar-refractivity contribution in [3.8, 4) is 0 Å². The highest BCUT2D eigenvalue weighted by molar-refractivity contribution is 8.01. The average molecular weight is 535 g/mol. The van der Waals surface area contributed by atoms with Gasteiger partial charge in [-0.3, -0.25) is 9.78 Å². The summed E-state index contributed by atoms with van der Waals surface area (Å²) in [4.78, 5) is 29.5. The van der Waals surface area contributed by atoms with Crippen molar-refractivity contribution in [2.75, 3.05) is 19.8 Å². The van der Waals surface area contributed by atoms with Crippen LogP contribution < -0.4 is 0 Å². The zero-order chi connectivity index (χ0) is 26.6. The van der Waals surface area contributed by atoms with Gasteiger partial charge in [0.05, 0.1) is 18.8 Å². The van der Waals surface area contributed by atoms with E-state index >= 15 is 0 Å².